The van der Waals surface area contributed by atoms with Gasteiger partial charge in [0, 0.05) is 5.69 Å². The molecule has 6 nitrogen and oxygen atoms in total. The number of ether oxygens (including phenoxy) is 1. The van der Waals surface area contributed by atoms with Gasteiger partial charge in [-0.1, -0.05) is 11.6 Å². The van der Waals surface area contributed by atoms with E-state index >= 15 is 0 Å². The van der Waals surface area contributed by atoms with Crippen LogP contribution in [0.4, 0.5) is 11.5 Å². The Morgan fingerprint density at radius 1 is 1.32 bits per heavy atom. The van der Waals surface area contributed by atoms with Crippen molar-refractivity contribution >= 4 is 34.1 Å². The maximum Gasteiger partial charge on any atom is 0.163 e. The molecule has 22 heavy (non-hydrogen) atoms. The number of fused-ring (bicyclic) bond motifs is 1. The second-order valence-electron chi connectivity index (χ2n) is 5.25. The van der Waals surface area contributed by atoms with Crippen molar-refractivity contribution in [1.82, 2.24) is 19.7 Å². The lowest BCUT2D eigenvalue weighted by Gasteiger charge is -2.09. The predicted octanol–water partition coefficient (Wildman–Crippen LogP) is 3.57. The standard InChI is InChI=1S/C15H14ClN5O/c1-22-13-5-2-9(6-12(13)16)20-14-11-7-19-21(10-3-4-10)15(11)18-8-17-14/h2,5-8,10H,3-4H2,1H3,(H,17,18,20). The molecule has 112 valence electrons. The first-order valence-electron chi connectivity index (χ1n) is 7.05. The molecule has 0 amide bonds. The number of hydrogen-bond acceptors (Lipinski definition) is 5. The molecule has 1 aliphatic rings. The number of methoxy groups -OCH3 is 1. The van der Waals surface area contributed by atoms with Crippen molar-refractivity contribution in [3.63, 3.8) is 0 Å². The van der Waals surface area contributed by atoms with Gasteiger partial charge in [0.25, 0.3) is 0 Å². The van der Waals surface area contributed by atoms with E-state index in [1.165, 1.54) is 0 Å². The normalized spacial score (nSPS) is 14.3. The Kier molecular flexibility index (Phi) is 3.11. The zero-order chi connectivity index (χ0) is 15.1. The maximum absolute atomic E-state index is 6.15. The van der Waals surface area contributed by atoms with Crippen LogP contribution in [0.2, 0.25) is 5.02 Å². The van der Waals surface area contributed by atoms with Crippen LogP contribution in [0.25, 0.3) is 11.0 Å². The molecule has 0 bridgehead atoms. The van der Waals surface area contributed by atoms with Gasteiger partial charge in [-0.25, -0.2) is 14.6 Å². The molecule has 3 aromatic rings. The van der Waals surface area contributed by atoms with Crippen LogP contribution in [-0.4, -0.2) is 26.9 Å². The zero-order valence-electron chi connectivity index (χ0n) is 12.0. The number of nitrogens with zero attached hydrogens (tertiary/aromatic N) is 4. The minimum atomic E-state index is 0.482. The molecule has 1 saturated carbocycles. The van der Waals surface area contributed by atoms with Crippen molar-refractivity contribution < 1.29 is 4.74 Å². The Bertz CT molecular complexity index is 843. The lowest BCUT2D eigenvalue weighted by Crippen LogP contribution is -1.99. The summed E-state index contributed by atoms with van der Waals surface area (Å²) in [4.78, 5) is 8.67. The van der Waals surface area contributed by atoms with Crippen LogP contribution < -0.4 is 10.1 Å². The molecule has 2 heterocycles. The summed E-state index contributed by atoms with van der Waals surface area (Å²) in [6, 6.07) is 6.00. The van der Waals surface area contributed by atoms with E-state index in [1.807, 2.05) is 16.8 Å². The van der Waals surface area contributed by atoms with E-state index in [2.05, 4.69) is 20.4 Å². The third kappa shape index (κ3) is 2.25. The molecule has 1 fully saturated rings. The van der Waals surface area contributed by atoms with Gasteiger partial charge in [0.05, 0.1) is 29.8 Å². The van der Waals surface area contributed by atoms with Crippen LogP contribution in [0.5, 0.6) is 5.75 Å². The number of halogens is 1. The first kappa shape index (κ1) is 13.3. The van der Waals surface area contributed by atoms with Crippen molar-refractivity contribution in [2.75, 3.05) is 12.4 Å². The van der Waals surface area contributed by atoms with Crippen molar-refractivity contribution in [3.05, 3.63) is 35.7 Å². The summed E-state index contributed by atoms with van der Waals surface area (Å²) in [5.74, 6) is 1.36. The highest BCUT2D eigenvalue weighted by molar-refractivity contribution is 6.32. The van der Waals surface area contributed by atoms with E-state index in [0.717, 1.165) is 35.4 Å². The van der Waals surface area contributed by atoms with Gasteiger partial charge in [-0.05, 0) is 31.0 Å². The van der Waals surface area contributed by atoms with E-state index in [9.17, 15) is 0 Å². The fourth-order valence-corrected chi connectivity index (χ4v) is 2.69. The van der Waals surface area contributed by atoms with Gasteiger partial charge >= 0.3 is 0 Å². The Morgan fingerprint density at radius 2 is 2.18 bits per heavy atom. The quantitative estimate of drug-likeness (QED) is 0.797. The molecule has 0 atom stereocenters. The first-order valence-corrected chi connectivity index (χ1v) is 7.43. The fourth-order valence-electron chi connectivity index (χ4n) is 2.43. The van der Waals surface area contributed by atoms with E-state index < -0.39 is 0 Å². The molecule has 0 spiro atoms. The second-order valence-corrected chi connectivity index (χ2v) is 5.66. The number of rotatable bonds is 4. The van der Waals surface area contributed by atoms with Crippen molar-refractivity contribution in [2.24, 2.45) is 0 Å². The number of hydrogen-bond donors (Lipinski definition) is 1. The molecule has 1 N–H and O–H groups in total. The minimum Gasteiger partial charge on any atom is -0.495 e. The number of aromatic nitrogens is 4. The summed E-state index contributed by atoms with van der Waals surface area (Å²) in [5.41, 5.74) is 1.70. The van der Waals surface area contributed by atoms with Crippen molar-refractivity contribution in [3.8, 4) is 5.75 Å². The minimum absolute atomic E-state index is 0.482. The summed E-state index contributed by atoms with van der Waals surface area (Å²) in [6.45, 7) is 0. The second kappa shape index (κ2) is 5.14. The zero-order valence-corrected chi connectivity index (χ0v) is 12.7. The van der Waals surface area contributed by atoms with Gasteiger partial charge in [-0.15, -0.1) is 0 Å². The lowest BCUT2D eigenvalue weighted by atomic mass is 10.3. The average molecular weight is 316 g/mol. The Hall–Kier alpha value is -2.34. The molecular weight excluding hydrogens is 302 g/mol. The topological polar surface area (TPSA) is 64.9 Å². The Balaban J connectivity index is 1.70. The monoisotopic (exact) mass is 315 g/mol. The van der Waals surface area contributed by atoms with E-state index in [4.69, 9.17) is 16.3 Å². The van der Waals surface area contributed by atoms with Gasteiger partial charge in [0.15, 0.2) is 5.65 Å². The SMILES string of the molecule is COc1ccc(Nc2ncnc3c2cnn3C2CC2)cc1Cl. The predicted molar refractivity (Wildman–Crippen MR) is 84.9 cm³/mol. The molecule has 7 heteroatoms. The lowest BCUT2D eigenvalue weighted by molar-refractivity contribution is 0.415. The third-order valence-corrected chi connectivity index (χ3v) is 3.99. The molecule has 2 aromatic heterocycles. The smallest absolute Gasteiger partial charge is 0.163 e. The number of nitrogens with one attached hydrogen (secondary N) is 1. The third-order valence-electron chi connectivity index (χ3n) is 3.70. The summed E-state index contributed by atoms with van der Waals surface area (Å²) < 4.78 is 7.13. The van der Waals surface area contributed by atoms with Gasteiger partial charge in [0.1, 0.15) is 17.9 Å². The summed E-state index contributed by atoms with van der Waals surface area (Å²) >= 11 is 6.15. The van der Waals surface area contributed by atoms with E-state index in [1.54, 1.807) is 25.7 Å². The summed E-state index contributed by atoms with van der Waals surface area (Å²) in [5, 5.41) is 9.15. The van der Waals surface area contributed by atoms with Crippen molar-refractivity contribution in [1.29, 1.82) is 0 Å². The van der Waals surface area contributed by atoms with Crippen LogP contribution in [-0.2, 0) is 0 Å². The van der Waals surface area contributed by atoms with Crippen LogP contribution >= 0.6 is 11.6 Å². The summed E-state index contributed by atoms with van der Waals surface area (Å²) in [7, 11) is 1.59. The summed E-state index contributed by atoms with van der Waals surface area (Å²) in [6.07, 6.45) is 5.69. The van der Waals surface area contributed by atoms with Crippen LogP contribution in [0.15, 0.2) is 30.7 Å². The van der Waals surface area contributed by atoms with Gasteiger partial charge in [-0.3, -0.25) is 0 Å². The molecule has 0 aliphatic heterocycles. The molecule has 4 rings (SSSR count). The molecule has 1 aliphatic carbocycles. The molecule has 1 aromatic carbocycles. The number of benzene rings is 1. The highest BCUT2D eigenvalue weighted by Gasteiger charge is 2.27. The fraction of sp³-hybridized carbons (Fsp3) is 0.267. The Labute approximate surface area is 132 Å². The van der Waals surface area contributed by atoms with Crippen molar-refractivity contribution in [2.45, 2.75) is 18.9 Å². The van der Waals surface area contributed by atoms with Crippen LogP contribution in [0.1, 0.15) is 18.9 Å². The maximum atomic E-state index is 6.15. The number of anilines is 2. The van der Waals surface area contributed by atoms with Gasteiger partial charge < -0.3 is 10.1 Å². The van der Waals surface area contributed by atoms with E-state index in [-0.39, 0.29) is 0 Å². The van der Waals surface area contributed by atoms with Crippen LogP contribution in [0.3, 0.4) is 0 Å². The highest BCUT2D eigenvalue weighted by Crippen LogP contribution is 2.37. The first-order chi connectivity index (χ1) is 10.8. The highest BCUT2D eigenvalue weighted by atomic mass is 35.5. The molecule has 0 saturated heterocycles. The van der Waals surface area contributed by atoms with Gasteiger partial charge in [-0.2, -0.15) is 5.10 Å². The molecular formula is C15H14ClN5O. The molecule has 0 unspecified atom stereocenters. The van der Waals surface area contributed by atoms with E-state index in [0.29, 0.717) is 16.8 Å². The molecule has 0 radical (unpaired) electrons. The Morgan fingerprint density at radius 3 is 2.91 bits per heavy atom. The van der Waals surface area contributed by atoms with Crippen LogP contribution in [0, 0.1) is 0 Å². The largest absolute Gasteiger partial charge is 0.495 e. The van der Waals surface area contributed by atoms with Gasteiger partial charge in [0.2, 0.25) is 0 Å². The average Bonchev–Trinajstić information content (AvgIpc) is 3.27.